The van der Waals surface area contributed by atoms with Crippen molar-refractivity contribution in [3.8, 4) is 0 Å². The molecule has 6 nitrogen and oxygen atoms in total. The molecule has 5 atom stereocenters. The van der Waals surface area contributed by atoms with E-state index in [9.17, 15) is 14.7 Å². The van der Waals surface area contributed by atoms with Gasteiger partial charge >= 0.3 is 11.9 Å². The van der Waals surface area contributed by atoms with Gasteiger partial charge in [0.1, 0.15) is 18.3 Å². The van der Waals surface area contributed by atoms with Gasteiger partial charge in [0, 0.05) is 6.08 Å². The maximum atomic E-state index is 12.4. The summed E-state index contributed by atoms with van der Waals surface area (Å²) in [7, 11) is 0. The third-order valence-corrected chi connectivity index (χ3v) is 4.90. The zero-order chi connectivity index (χ0) is 19.5. The van der Waals surface area contributed by atoms with Crippen molar-refractivity contribution < 1.29 is 28.9 Å². The summed E-state index contributed by atoms with van der Waals surface area (Å²) in [5.74, 6) is -0.991. The van der Waals surface area contributed by atoms with Crippen molar-refractivity contribution in [2.45, 2.75) is 36.9 Å². The molecule has 2 aromatic rings. The Morgan fingerprint density at radius 2 is 1.79 bits per heavy atom. The fourth-order valence-electron chi connectivity index (χ4n) is 3.56. The van der Waals surface area contributed by atoms with Crippen molar-refractivity contribution in [3.05, 3.63) is 77.9 Å². The van der Waals surface area contributed by atoms with Crippen LogP contribution in [0.5, 0.6) is 0 Å². The van der Waals surface area contributed by atoms with Crippen LogP contribution in [0.4, 0.5) is 0 Å². The molecule has 0 aliphatic carbocycles. The first-order chi connectivity index (χ1) is 13.6. The molecule has 144 valence electrons. The molecular weight excluding hydrogens is 360 g/mol. The van der Waals surface area contributed by atoms with Crippen molar-refractivity contribution >= 4 is 18.0 Å². The zero-order valence-electron chi connectivity index (χ0n) is 15.0. The van der Waals surface area contributed by atoms with Crippen LogP contribution in [-0.2, 0) is 23.8 Å². The van der Waals surface area contributed by atoms with Crippen LogP contribution in [-0.4, -0.2) is 41.5 Å². The second kappa shape index (κ2) is 7.96. The smallest absolute Gasteiger partial charge is 0.331 e. The largest absolute Gasteiger partial charge is 0.455 e. The number of carbonyl (C=O) groups excluding carboxylic acids is 2. The quantitative estimate of drug-likeness (QED) is 0.634. The van der Waals surface area contributed by atoms with Crippen LogP contribution in [0.15, 0.2) is 66.7 Å². The third-order valence-electron chi connectivity index (χ3n) is 4.90. The summed E-state index contributed by atoms with van der Waals surface area (Å²) in [6, 6.07) is 18.3. The van der Waals surface area contributed by atoms with E-state index in [2.05, 4.69) is 0 Å². The first-order valence-electron chi connectivity index (χ1n) is 9.13. The van der Waals surface area contributed by atoms with Crippen molar-refractivity contribution in [3.63, 3.8) is 0 Å². The topological polar surface area (TPSA) is 82.1 Å². The van der Waals surface area contributed by atoms with Crippen LogP contribution in [0.1, 0.15) is 23.7 Å². The minimum atomic E-state index is -1.01. The molecule has 1 N–H and O–H groups in total. The summed E-state index contributed by atoms with van der Waals surface area (Å²) in [4.78, 5) is 24.0. The van der Waals surface area contributed by atoms with Crippen LogP contribution in [0.25, 0.3) is 6.08 Å². The van der Waals surface area contributed by atoms with Crippen molar-refractivity contribution in [1.82, 2.24) is 0 Å². The van der Waals surface area contributed by atoms with E-state index in [-0.39, 0.29) is 6.42 Å². The fourth-order valence-corrected chi connectivity index (χ4v) is 3.56. The lowest BCUT2D eigenvalue weighted by molar-refractivity contribution is -0.162. The van der Waals surface area contributed by atoms with Crippen molar-refractivity contribution in [2.75, 3.05) is 0 Å². The highest BCUT2D eigenvalue weighted by Gasteiger charge is 2.55. The summed E-state index contributed by atoms with van der Waals surface area (Å²) < 4.78 is 16.7. The second-order valence-electron chi connectivity index (χ2n) is 6.80. The molecule has 0 radical (unpaired) electrons. The lowest BCUT2D eigenvalue weighted by Gasteiger charge is -2.25. The number of benzene rings is 2. The monoisotopic (exact) mass is 380 g/mol. The Labute approximate surface area is 162 Å². The van der Waals surface area contributed by atoms with E-state index in [1.165, 1.54) is 6.08 Å². The summed E-state index contributed by atoms with van der Waals surface area (Å²) in [6.07, 6.45) is -0.946. The van der Waals surface area contributed by atoms with Gasteiger partial charge in [-0.1, -0.05) is 60.7 Å². The van der Waals surface area contributed by atoms with Gasteiger partial charge in [0.25, 0.3) is 0 Å². The number of esters is 2. The van der Waals surface area contributed by atoms with Gasteiger partial charge in [-0.05, 0) is 17.2 Å². The van der Waals surface area contributed by atoms with Gasteiger partial charge in [-0.25, -0.2) is 4.79 Å². The molecule has 2 saturated heterocycles. The molecule has 0 bridgehead atoms. The molecule has 4 rings (SSSR count). The normalized spacial score (nSPS) is 27.4. The highest BCUT2D eigenvalue weighted by molar-refractivity contribution is 5.87. The molecule has 2 heterocycles. The van der Waals surface area contributed by atoms with E-state index >= 15 is 0 Å². The van der Waals surface area contributed by atoms with Crippen LogP contribution < -0.4 is 0 Å². The van der Waals surface area contributed by atoms with E-state index in [0.717, 1.165) is 5.56 Å². The van der Waals surface area contributed by atoms with E-state index in [1.54, 1.807) is 30.3 Å². The summed E-state index contributed by atoms with van der Waals surface area (Å²) in [5.41, 5.74) is 1.49. The standard InChI is InChI=1S/C22H20O6/c23-17(12-11-14-7-3-1-4-8-14)27-22-20-16(13-18(24)28-20)26-21(22)19(25)15-9-5-2-6-10-15/h1-12,16,19-22,25H,13H2/b12-11+/t16-,19-,20+,21+,22-/m0/s1. The maximum absolute atomic E-state index is 12.4. The number of hydrogen-bond donors (Lipinski definition) is 1. The Morgan fingerprint density at radius 1 is 1.11 bits per heavy atom. The number of aliphatic hydroxyl groups is 1. The van der Waals surface area contributed by atoms with E-state index < -0.39 is 42.5 Å². The Kier molecular flexibility index (Phi) is 5.23. The van der Waals surface area contributed by atoms with Crippen LogP contribution >= 0.6 is 0 Å². The van der Waals surface area contributed by atoms with Gasteiger partial charge in [0.05, 0.1) is 6.42 Å². The molecule has 0 aromatic heterocycles. The number of aliphatic hydroxyl groups excluding tert-OH is 1. The number of rotatable bonds is 5. The molecule has 0 saturated carbocycles. The highest BCUT2D eigenvalue weighted by atomic mass is 16.7. The van der Waals surface area contributed by atoms with Crippen LogP contribution in [0.3, 0.4) is 0 Å². The van der Waals surface area contributed by atoms with Gasteiger partial charge < -0.3 is 19.3 Å². The summed E-state index contributed by atoms with van der Waals surface area (Å²) in [5, 5.41) is 10.8. The van der Waals surface area contributed by atoms with E-state index in [0.29, 0.717) is 5.56 Å². The minimum Gasteiger partial charge on any atom is -0.455 e. The fraction of sp³-hybridized carbons (Fsp3) is 0.273. The summed E-state index contributed by atoms with van der Waals surface area (Å²) in [6.45, 7) is 0. The highest BCUT2D eigenvalue weighted by Crippen LogP contribution is 2.38. The molecule has 0 spiro atoms. The molecule has 2 aliphatic rings. The van der Waals surface area contributed by atoms with E-state index in [4.69, 9.17) is 14.2 Å². The Hall–Kier alpha value is -2.96. The van der Waals surface area contributed by atoms with Gasteiger partial charge in [-0.2, -0.15) is 0 Å². The zero-order valence-corrected chi connectivity index (χ0v) is 15.0. The first kappa shape index (κ1) is 18.4. The third kappa shape index (κ3) is 3.83. The van der Waals surface area contributed by atoms with Crippen LogP contribution in [0.2, 0.25) is 0 Å². The lowest BCUT2D eigenvalue weighted by Crippen LogP contribution is -2.39. The molecule has 6 heteroatoms. The predicted octanol–water partition coefficient (Wildman–Crippen LogP) is 2.43. The molecule has 2 aromatic carbocycles. The molecule has 2 fully saturated rings. The number of hydrogen-bond acceptors (Lipinski definition) is 6. The predicted molar refractivity (Wildman–Crippen MR) is 99.9 cm³/mol. The number of fused-ring (bicyclic) bond motifs is 1. The molecule has 28 heavy (non-hydrogen) atoms. The van der Waals surface area contributed by atoms with Gasteiger partial charge in [-0.3, -0.25) is 4.79 Å². The van der Waals surface area contributed by atoms with Gasteiger partial charge in [0.15, 0.2) is 12.2 Å². The Bertz CT molecular complexity index is 863. The average Bonchev–Trinajstić information content (AvgIpc) is 3.24. The lowest BCUT2D eigenvalue weighted by atomic mass is 9.98. The van der Waals surface area contributed by atoms with Gasteiger partial charge in [0.2, 0.25) is 0 Å². The maximum Gasteiger partial charge on any atom is 0.331 e. The Morgan fingerprint density at radius 3 is 2.50 bits per heavy atom. The van der Waals surface area contributed by atoms with Crippen molar-refractivity contribution in [1.29, 1.82) is 0 Å². The number of ether oxygens (including phenoxy) is 3. The molecule has 0 amide bonds. The van der Waals surface area contributed by atoms with Crippen LogP contribution in [0, 0.1) is 0 Å². The first-order valence-corrected chi connectivity index (χ1v) is 9.13. The average molecular weight is 380 g/mol. The molecule has 2 aliphatic heterocycles. The summed E-state index contributed by atoms with van der Waals surface area (Å²) >= 11 is 0. The molecule has 0 unspecified atom stereocenters. The van der Waals surface area contributed by atoms with Crippen molar-refractivity contribution in [2.24, 2.45) is 0 Å². The Balaban J connectivity index is 1.51. The van der Waals surface area contributed by atoms with E-state index in [1.807, 2.05) is 36.4 Å². The van der Waals surface area contributed by atoms with Gasteiger partial charge in [-0.15, -0.1) is 0 Å². The minimum absolute atomic E-state index is 0.0799. The number of carbonyl (C=O) groups is 2. The second-order valence-corrected chi connectivity index (χ2v) is 6.80. The SMILES string of the molecule is O=C(/C=C/c1ccccc1)O[C@H]1[C@@H]2OC(=O)C[C@@H]2O[C@@H]1[C@@H](O)c1ccccc1. The molecular formula is C22H20O6.